The summed E-state index contributed by atoms with van der Waals surface area (Å²) in [7, 11) is 0. The number of H-pyrrole nitrogens is 1. The molecule has 232 valence electrons. The Morgan fingerprint density at radius 1 is 1.07 bits per heavy atom. The number of fused-ring (bicyclic) bond motifs is 2. The first-order valence-corrected chi connectivity index (χ1v) is 14.0. The summed E-state index contributed by atoms with van der Waals surface area (Å²) in [6.45, 7) is -0.940. The van der Waals surface area contributed by atoms with Crippen molar-refractivity contribution in [2.24, 2.45) is 0 Å². The van der Waals surface area contributed by atoms with E-state index < -0.39 is 34.2 Å². The summed E-state index contributed by atoms with van der Waals surface area (Å²) in [5, 5.41) is 7.17. The van der Waals surface area contributed by atoms with E-state index in [4.69, 9.17) is 28.0 Å². The van der Waals surface area contributed by atoms with Gasteiger partial charge in [0.1, 0.15) is 24.6 Å². The van der Waals surface area contributed by atoms with E-state index in [1.807, 2.05) is 0 Å². The van der Waals surface area contributed by atoms with E-state index in [1.165, 1.54) is 23.2 Å². The Morgan fingerprint density at radius 3 is 2.53 bits per heavy atom. The van der Waals surface area contributed by atoms with Gasteiger partial charge in [0.2, 0.25) is 0 Å². The summed E-state index contributed by atoms with van der Waals surface area (Å²) < 4.78 is 55.1. The SMILES string of the molecule is O=C(c1cc(Cc2n[nH]c(=O)n3c(Cl)c(Cl)nc23)ccc1F)N1CC[N+](OC(=O)C(F)(F)F)(c2nccc3ccccc23)CC1. The molecule has 1 N–H and O–H groups in total. The Labute approximate surface area is 260 Å². The van der Waals surface area contributed by atoms with E-state index in [-0.39, 0.29) is 65.6 Å². The van der Waals surface area contributed by atoms with Crippen molar-refractivity contribution in [3.8, 4) is 0 Å². The fourth-order valence-electron chi connectivity index (χ4n) is 5.27. The largest absolute Gasteiger partial charge is 0.497 e. The second-order valence-corrected chi connectivity index (χ2v) is 10.9. The summed E-state index contributed by atoms with van der Waals surface area (Å²) in [4.78, 5) is 52.4. The zero-order valence-corrected chi connectivity index (χ0v) is 24.3. The third kappa shape index (κ3) is 5.58. The van der Waals surface area contributed by atoms with Crippen LogP contribution < -0.4 is 10.3 Å². The number of aromatic nitrogens is 5. The van der Waals surface area contributed by atoms with E-state index in [0.717, 1.165) is 10.5 Å². The number of hydrogen-bond acceptors (Lipinski definition) is 7. The first-order valence-electron chi connectivity index (χ1n) is 13.3. The van der Waals surface area contributed by atoms with Gasteiger partial charge in [-0.1, -0.05) is 52.1 Å². The molecule has 45 heavy (non-hydrogen) atoms. The van der Waals surface area contributed by atoms with Crippen molar-refractivity contribution in [3.05, 3.63) is 98.2 Å². The molecule has 0 bridgehead atoms. The third-order valence-electron chi connectivity index (χ3n) is 7.44. The number of aromatic amines is 1. The molecule has 1 aliphatic rings. The lowest BCUT2D eigenvalue weighted by Gasteiger charge is -2.40. The van der Waals surface area contributed by atoms with Gasteiger partial charge in [-0.25, -0.2) is 33.4 Å². The maximum Gasteiger partial charge on any atom is 0.497 e. The van der Waals surface area contributed by atoms with E-state index >= 15 is 4.39 Å². The van der Waals surface area contributed by atoms with Gasteiger partial charge in [-0.15, -0.1) is 0 Å². The van der Waals surface area contributed by atoms with Gasteiger partial charge >= 0.3 is 17.8 Å². The number of nitrogens with one attached hydrogen (secondary N) is 1. The number of amides is 1. The number of piperazine rings is 1. The van der Waals surface area contributed by atoms with Gasteiger partial charge in [-0.05, 0) is 35.2 Å². The Kier molecular flexibility index (Phi) is 7.71. The molecular formula is C28H20Cl2F4N7O4+. The number of nitrogens with zero attached hydrogens (tertiary/aromatic N) is 6. The molecule has 0 unspecified atom stereocenters. The number of carbonyl (C=O) groups excluding carboxylic acids is 2. The molecule has 4 heterocycles. The maximum atomic E-state index is 15.0. The number of imidazole rings is 1. The first-order chi connectivity index (χ1) is 21.4. The molecule has 1 amide bonds. The molecule has 3 aromatic heterocycles. The molecule has 0 atom stereocenters. The minimum atomic E-state index is -5.27. The van der Waals surface area contributed by atoms with Crippen LogP contribution in [0.15, 0.2) is 59.5 Å². The van der Waals surface area contributed by atoms with Crippen molar-refractivity contribution in [3.63, 3.8) is 0 Å². The molecule has 1 fully saturated rings. The molecule has 5 aromatic rings. The fraction of sp³-hybridized carbons (Fsp3) is 0.214. The van der Waals surface area contributed by atoms with Crippen LogP contribution in [0.3, 0.4) is 0 Å². The Balaban J connectivity index is 1.28. The van der Waals surface area contributed by atoms with Crippen LogP contribution in [0.1, 0.15) is 21.6 Å². The molecule has 0 spiro atoms. The molecular weight excluding hydrogens is 645 g/mol. The zero-order valence-electron chi connectivity index (χ0n) is 22.8. The highest BCUT2D eigenvalue weighted by Crippen LogP contribution is 2.34. The highest BCUT2D eigenvalue weighted by atomic mass is 35.5. The van der Waals surface area contributed by atoms with Gasteiger partial charge in [-0.2, -0.15) is 18.3 Å². The topological polar surface area (TPSA) is 123 Å². The number of benzene rings is 2. The lowest BCUT2D eigenvalue weighted by atomic mass is 10.0. The summed E-state index contributed by atoms with van der Waals surface area (Å²) in [6.07, 6.45) is -3.87. The van der Waals surface area contributed by atoms with Crippen molar-refractivity contribution >= 4 is 57.3 Å². The van der Waals surface area contributed by atoms with Crippen LogP contribution >= 0.6 is 23.2 Å². The number of halogens is 6. The van der Waals surface area contributed by atoms with Crippen molar-refractivity contribution in [2.75, 3.05) is 26.2 Å². The monoisotopic (exact) mass is 664 g/mol. The minimum Gasteiger partial charge on any atom is -0.327 e. The van der Waals surface area contributed by atoms with Crippen molar-refractivity contribution < 1.29 is 32.0 Å². The van der Waals surface area contributed by atoms with Crippen molar-refractivity contribution in [1.29, 1.82) is 0 Å². The van der Waals surface area contributed by atoms with Crippen LogP contribution in [0.4, 0.5) is 23.4 Å². The van der Waals surface area contributed by atoms with Crippen LogP contribution in [-0.4, -0.2) is 73.7 Å². The Morgan fingerprint density at radius 2 is 1.80 bits per heavy atom. The standard InChI is InChI=1S/C28H19Cl2F4N7O4/c29-21-22(30)40-23(36-21)20(37-38-27(40)44)14-15-5-6-19(31)18(13-15)25(42)39-9-11-41(12-10-39,45-26(43)28(32,33)34)24-17-4-2-1-3-16(17)7-8-35-24/h1-8,13H,9-12,14H2/p+1. The van der Waals surface area contributed by atoms with Crippen LogP contribution in [0.5, 0.6) is 0 Å². The van der Waals surface area contributed by atoms with Crippen LogP contribution in [0.25, 0.3) is 16.4 Å². The van der Waals surface area contributed by atoms with Crippen molar-refractivity contribution in [2.45, 2.75) is 12.6 Å². The van der Waals surface area contributed by atoms with Gasteiger partial charge in [0.05, 0.1) is 24.0 Å². The molecule has 11 nitrogen and oxygen atoms in total. The predicted molar refractivity (Wildman–Crippen MR) is 154 cm³/mol. The third-order valence-corrected chi connectivity index (χ3v) is 8.15. The van der Waals surface area contributed by atoms with Crippen LogP contribution in [0.2, 0.25) is 10.3 Å². The molecule has 17 heteroatoms. The number of rotatable bonds is 5. The van der Waals surface area contributed by atoms with Crippen LogP contribution in [0, 0.1) is 5.82 Å². The van der Waals surface area contributed by atoms with Crippen molar-refractivity contribution in [1.82, 2.24) is 34.1 Å². The van der Waals surface area contributed by atoms with Gasteiger partial charge in [0.25, 0.3) is 11.7 Å². The normalized spacial score (nSPS) is 15.0. The van der Waals surface area contributed by atoms with Crippen LogP contribution in [-0.2, 0) is 16.1 Å². The summed E-state index contributed by atoms with van der Waals surface area (Å²) >= 11 is 12.0. The lowest BCUT2D eigenvalue weighted by molar-refractivity contribution is -0.238. The van der Waals surface area contributed by atoms with E-state index in [0.29, 0.717) is 16.3 Å². The molecule has 0 aliphatic carbocycles. The maximum absolute atomic E-state index is 15.0. The quantitative estimate of drug-likeness (QED) is 0.217. The highest BCUT2D eigenvalue weighted by molar-refractivity contribution is 6.40. The molecule has 0 saturated carbocycles. The average molecular weight is 665 g/mol. The Bertz CT molecular complexity index is 2040. The fourth-order valence-corrected chi connectivity index (χ4v) is 5.64. The highest BCUT2D eigenvalue weighted by Gasteiger charge is 2.51. The molecule has 1 saturated heterocycles. The second kappa shape index (κ2) is 11.4. The van der Waals surface area contributed by atoms with Gasteiger partial charge < -0.3 is 4.90 Å². The summed E-state index contributed by atoms with van der Waals surface area (Å²) in [5.41, 5.74) is -0.234. The van der Waals surface area contributed by atoms with E-state index in [9.17, 15) is 27.6 Å². The van der Waals surface area contributed by atoms with Gasteiger partial charge in [0, 0.05) is 12.6 Å². The molecule has 2 aromatic carbocycles. The summed E-state index contributed by atoms with van der Waals surface area (Å²) in [6, 6.07) is 12.3. The second-order valence-electron chi connectivity index (χ2n) is 10.2. The average Bonchev–Trinajstić information content (AvgIpc) is 3.33. The number of carbonyl (C=O) groups is 2. The number of alkyl halides is 3. The lowest BCUT2D eigenvalue weighted by Crippen LogP contribution is -2.63. The molecule has 6 rings (SSSR count). The number of hydrogen-bond donors (Lipinski definition) is 1. The smallest absolute Gasteiger partial charge is 0.327 e. The summed E-state index contributed by atoms with van der Waals surface area (Å²) in [5.74, 6) is -3.89. The van der Waals surface area contributed by atoms with E-state index in [1.54, 1.807) is 30.3 Å². The predicted octanol–water partition coefficient (Wildman–Crippen LogP) is 4.49. The van der Waals surface area contributed by atoms with Gasteiger partial charge in [0.15, 0.2) is 16.0 Å². The molecule has 1 aliphatic heterocycles. The Hall–Kier alpha value is -4.60. The number of quaternary nitrogens is 1. The minimum absolute atomic E-state index is 0.00462. The zero-order chi connectivity index (χ0) is 32.1. The number of pyridine rings is 1. The van der Waals surface area contributed by atoms with Gasteiger partial charge in [-0.3, -0.25) is 9.63 Å². The first kappa shape index (κ1) is 30.4. The van der Waals surface area contributed by atoms with E-state index in [2.05, 4.69) is 20.2 Å². The number of hydroxylamine groups is 2. The molecule has 0 radical (unpaired) electrons.